The summed E-state index contributed by atoms with van der Waals surface area (Å²) in [5.41, 5.74) is 2.42. The van der Waals surface area contributed by atoms with E-state index in [4.69, 9.17) is 95.9 Å². The molecular weight excluding hydrogens is 1460 g/mol. The molecule has 92 heavy (non-hydrogen) atoms. The molecule has 16 nitrogen and oxygen atoms in total. The average Bonchev–Trinajstić information content (AvgIpc) is 1.02. The van der Waals surface area contributed by atoms with Crippen molar-refractivity contribution >= 4 is 145 Å². The SMILES string of the molecule is CCN(C)C=Nc1cc(OC)c(Oc2ccccc2Br)cc1Cl.CCN(C)C=Nc1cc(OC)c(Oc2ccccc2Cl)cc1Cl.CCN(C)C=Nc1cc(OC)c(Oc2ccccc2F)cc1Cl.CCN(C)C=Nc1cc(OC)c(Oc2ccccc2I)cc1Cl. The zero-order valence-electron chi connectivity index (χ0n) is 52.9. The van der Waals surface area contributed by atoms with Gasteiger partial charge >= 0.3 is 0 Å². The highest BCUT2D eigenvalue weighted by Gasteiger charge is 2.17. The third kappa shape index (κ3) is 23.6. The lowest BCUT2D eigenvalue weighted by molar-refractivity contribution is 0.371. The van der Waals surface area contributed by atoms with Crippen LogP contribution in [0.1, 0.15) is 27.7 Å². The van der Waals surface area contributed by atoms with Gasteiger partial charge in [0.15, 0.2) is 57.6 Å². The van der Waals surface area contributed by atoms with Crippen LogP contribution in [0.4, 0.5) is 27.1 Å². The lowest BCUT2D eigenvalue weighted by atomic mass is 10.2. The first kappa shape index (κ1) is 75.4. The van der Waals surface area contributed by atoms with Gasteiger partial charge in [-0.2, -0.15) is 0 Å². The molecule has 0 saturated heterocycles. The van der Waals surface area contributed by atoms with Crippen LogP contribution in [0, 0.1) is 9.39 Å². The lowest BCUT2D eigenvalue weighted by Crippen LogP contribution is -2.14. The van der Waals surface area contributed by atoms with Crippen molar-refractivity contribution < 1.29 is 42.3 Å². The van der Waals surface area contributed by atoms with Crippen molar-refractivity contribution in [1.29, 1.82) is 0 Å². The van der Waals surface area contributed by atoms with Crippen LogP contribution in [0.15, 0.2) is 170 Å². The van der Waals surface area contributed by atoms with E-state index in [1.54, 1.807) is 119 Å². The Kier molecular flexibility index (Phi) is 32.1. The van der Waals surface area contributed by atoms with Gasteiger partial charge in [-0.15, -0.1) is 0 Å². The van der Waals surface area contributed by atoms with Crippen molar-refractivity contribution in [3.05, 3.63) is 185 Å². The molecule has 0 spiro atoms. The lowest BCUT2D eigenvalue weighted by Gasteiger charge is -2.13. The second-order valence-electron chi connectivity index (χ2n) is 19.2. The Labute approximate surface area is 585 Å². The van der Waals surface area contributed by atoms with E-state index in [9.17, 15) is 4.39 Å². The molecule has 0 radical (unpaired) electrons. The molecule has 0 N–H and O–H groups in total. The van der Waals surface area contributed by atoms with Gasteiger partial charge in [0.2, 0.25) is 0 Å². The Morgan fingerprint density at radius 1 is 0.370 bits per heavy atom. The van der Waals surface area contributed by atoms with Crippen molar-refractivity contribution in [3.63, 3.8) is 0 Å². The summed E-state index contributed by atoms with van der Waals surface area (Å²) >= 11 is 36.9. The van der Waals surface area contributed by atoms with Gasteiger partial charge in [0.05, 0.1) is 110 Å². The molecule has 0 aliphatic heterocycles. The summed E-state index contributed by atoms with van der Waals surface area (Å²) < 4.78 is 60.3. The van der Waals surface area contributed by atoms with Crippen LogP contribution in [0.5, 0.6) is 69.0 Å². The maximum Gasteiger partial charge on any atom is 0.171 e. The molecule has 0 amide bonds. The van der Waals surface area contributed by atoms with E-state index in [1.165, 1.54) is 19.2 Å². The van der Waals surface area contributed by atoms with Crippen LogP contribution in [0.2, 0.25) is 25.1 Å². The number of methoxy groups -OCH3 is 4. The number of hydrogen-bond acceptors (Lipinski definition) is 12. The predicted octanol–water partition coefficient (Wildman–Crippen LogP) is 21.2. The zero-order chi connectivity index (χ0) is 67.3. The first-order chi connectivity index (χ1) is 44.2. The van der Waals surface area contributed by atoms with E-state index in [1.807, 2.05) is 136 Å². The zero-order valence-corrected chi connectivity index (χ0v) is 60.4. The minimum atomic E-state index is -0.461. The van der Waals surface area contributed by atoms with Crippen molar-refractivity contribution in [1.82, 2.24) is 19.6 Å². The van der Waals surface area contributed by atoms with E-state index >= 15 is 0 Å². The van der Waals surface area contributed by atoms with Gasteiger partial charge in [-0.3, -0.25) is 0 Å². The Morgan fingerprint density at radius 3 is 0.978 bits per heavy atom. The van der Waals surface area contributed by atoms with Gasteiger partial charge in [0.25, 0.3) is 0 Å². The number of rotatable bonds is 24. The maximum atomic E-state index is 13.7. The number of benzene rings is 8. The molecule has 0 aromatic heterocycles. The van der Waals surface area contributed by atoms with Crippen molar-refractivity contribution in [3.8, 4) is 69.0 Å². The van der Waals surface area contributed by atoms with Gasteiger partial charge in [-0.05, 0) is 115 Å². The minimum Gasteiger partial charge on any atom is -0.493 e. The van der Waals surface area contributed by atoms with Crippen molar-refractivity contribution in [2.75, 3.05) is 82.8 Å². The summed E-state index contributed by atoms with van der Waals surface area (Å²) in [4.78, 5) is 25.2. The standard InChI is InChI=1S/C17H18BrClN2O2.C17H18Cl2N2O2.C17H18ClFN2O2.C17H18ClIN2O2/c2*1-4-21(2)11-20-14-10-16(22-3)17(9-13(14)19)23-15-8-6-5-7-12(15)18;2*1-4-21(2)11-20-14-10-16(22-3)17(9-12(14)18)23-15-8-6-5-7-13(15)19/h4*5-11H,4H2,1-3H3. The van der Waals surface area contributed by atoms with Crippen LogP contribution in [0.25, 0.3) is 0 Å². The molecule has 0 bridgehead atoms. The molecule has 8 aromatic rings. The molecule has 8 rings (SSSR count). The fourth-order valence-electron chi connectivity index (χ4n) is 7.00. The third-order valence-electron chi connectivity index (χ3n) is 12.7. The van der Waals surface area contributed by atoms with Crippen LogP contribution in [-0.4, -0.2) is 128 Å². The summed E-state index contributed by atoms with van der Waals surface area (Å²) in [6.45, 7) is 11.6. The van der Waals surface area contributed by atoms with Gasteiger partial charge < -0.3 is 57.5 Å². The molecular formula is C68H72BrCl5FIN8O8. The molecule has 24 heteroatoms. The fourth-order valence-corrected chi connectivity index (χ4v) is 8.85. The topological polar surface area (TPSA) is 136 Å². The number of ether oxygens (including phenoxy) is 8. The van der Waals surface area contributed by atoms with Crippen LogP contribution in [-0.2, 0) is 0 Å². The highest BCUT2D eigenvalue weighted by molar-refractivity contribution is 14.1. The van der Waals surface area contributed by atoms with Crippen LogP contribution < -0.4 is 37.9 Å². The van der Waals surface area contributed by atoms with Crippen molar-refractivity contribution in [2.45, 2.75) is 27.7 Å². The summed E-state index contributed by atoms with van der Waals surface area (Å²) in [6, 6.07) is 42.3. The van der Waals surface area contributed by atoms with Gasteiger partial charge in [0.1, 0.15) is 17.2 Å². The summed E-state index contributed by atoms with van der Waals surface area (Å²) in [7, 11) is 14.0. The minimum absolute atomic E-state index is 0.101. The van der Waals surface area contributed by atoms with Crippen LogP contribution >= 0.6 is 96.5 Å². The quantitative estimate of drug-likeness (QED) is 0.0324. The Hall–Kier alpha value is -7.37. The van der Waals surface area contributed by atoms with Gasteiger partial charge in [0, 0.05) is 103 Å². The number of aliphatic imine (C=N–C) groups is 4. The first-order valence-electron chi connectivity index (χ1n) is 28.4. The van der Waals surface area contributed by atoms with E-state index in [0.717, 1.165) is 40.0 Å². The Morgan fingerprint density at radius 2 is 0.652 bits per heavy atom. The van der Waals surface area contributed by atoms with Crippen molar-refractivity contribution in [2.24, 2.45) is 20.0 Å². The maximum absolute atomic E-state index is 13.7. The Balaban J connectivity index is 0.000000223. The molecule has 0 saturated carbocycles. The van der Waals surface area contributed by atoms with Gasteiger partial charge in [-0.25, -0.2) is 24.4 Å². The molecule has 8 aromatic carbocycles. The first-order valence-corrected chi connectivity index (χ1v) is 32.1. The molecule has 0 heterocycles. The van der Waals surface area contributed by atoms with Crippen LogP contribution in [0.3, 0.4) is 0 Å². The Bertz CT molecular complexity index is 3320. The molecule has 0 atom stereocenters. The second-order valence-corrected chi connectivity index (χ2v) is 23.3. The monoisotopic (exact) mass is 1530 g/mol. The van der Waals surface area contributed by atoms with E-state index in [2.05, 4.69) is 58.5 Å². The molecule has 0 fully saturated rings. The smallest absolute Gasteiger partial charge is 0.171 e. The summed E-state index contributed by atoms with van der Waals surface area (Å²) in [6.07, 6.45) is 6.86. The van der Waals surface area contributed by atoms with Gasteiger partial charge in [-0.1, -0.05) is 107 Å². The number of hydrogen-bond donors (Lipinski definition) is 0. The summed E-state index contributed by atoms with van der Waals surface area (Å²) in [5.74, 6) is 5.61. The fraction of sp³-hybridized carbons (Fsp3) is 0.235. The summed E-state index contributed by atoms with van der Waals surface area (Å²) in [5, 5.41) is 2.37. The normalized spacial score (nSPS) is 10.8. The average molecular weight is 1530 g/mol. The molecule has 0 aliphatic carbocycles. The molecule has 0 aliphatic rings. The highest BCUT2D eigenvalue weighted by atomic mass is 127. The largest absolute Gasteiger partial charge is 0.493 e. The number of para-hydroxylation sites is 4. The predicted molar refractivity (Wildman–Crippen MR) is 389 cm³/mol. The second kappa shape index (κ2) is 39.2. The molecule has 0 unspecified atom stereocenters. The highest BCUT2D eigenvalue weighted by Crippen LogP contribution is 2.45. The number of nitrogens with zero attached hydrogens (tertiary/aromatic N) is 8. The molecule has 488 valence electrons. The third-order valence-corrected chi connectivity index (χ3v) is 15.8. The van der Waals surface area contributed by atoms with E-state index in [-0.39, 0.29) is 5.75 Å². The van der Waals surface area contributed by atoms with E-state index < -0.39 is 5.82 Å². The number of halogens is 8. The van der Waals surface area contributed by atoms with E-state index in [0.29, 0.717) is 105 Å².